The number of nitrogens with one attached hydrogen (secondary N) is 1. The normalized spacial score (nSPS) is 27.8. The van der Waals surface area contributed by atoms with Crippen molar-refractivity contribution < 1.29 is 9.53 Å². The zero-order valence-corrected chi connectivity index (χ0v) is 10.8. The fourth-order valence-corrected chi connectivity index (χ4v) is 2.65. The zero-order chi connectivity index (χ0) is 12.1. The number of hydrogen-bond donors (Lipinski definition) is 1. The standard InChI is InChI=1S/C13H24N2O2/c1-11(17-12-6-5-7-14-10-12)13(16)15-8-3-2-4-9-15/h11-12,14H,2-10H2,1H3/t11?,12-/m0/s1. The molecule has 0 aliphatic carbocycles. The molecule has 0 aromatic rings. The third kappa shape index (κ3) is 3.68. The van der Waals surface area contributed by atoms with E-state index in [0.717, 1.165) is 51.9 Å². The van der Waals surface area contributed by atoms with Crippen molar-refractivity contribution in [2.45, 2.75) is 51.2 Å². The second-order valence-corrected chi connectivity index (χ2v) is 5.13. The number of hydrogen-bond acceptors (Lipinski definition) is 3. The van der Waals surface area contributed by atoms with Gasteiger partial charge in [0.1, 0.15) is 6.10 Å². The lowest BCUT2D eigenvalue weighted by molar-refractivity contribution is -0.147. The predicted octanol–water partition coefficient (Wildman–Crippen LogP) is 1.16. The first-order chi connectivity index (χ1) is 8.27. The van der Waals surface area contributed by atoms with Gasteiger partial charge in [0.05, 0.1) is 6.10 Å². The molecule has 2 heterocycles. The topological polar surface area (TPSA) is 41.6 Å². The summed E-state index contributed by atoms with van der Waals surface area (Å²) in [5, 5.41) is 3.31. The van der Waals surface area contributed by atoms with Gasteiger partial charge in [-0.3, -0.25) is 4.79 Å². The summed E-state index contributed by atoms with van der Waals surface area (Å²) >= 11 is 0. The number of rotatable bonds is 3. The Hall–Kier alpha value is -0.610. The quantitative estimate of drug-likeness (QED) is 0.805. The molecule has 2 rings (SSSR count). The first-order valence-corrected chi connectivity index (χ1v) is 6.92. The van der Waals surface area contributed by atoms with E-state index in [-0.39, 0.29) is 18.1 Å². The summed E-state index contributed by atoms with van der Waals surface area (Å²) in [7, 11) is 0. The van der Waals surface area contributed by atoms with Crippen LogP contribution in [-0.2, 0) is 9.53 Å². The third-order valence-corrected chi connectivity index (χ3v) is 3.66. The van der Waals surface area contributed by atoms with E-state index in [2.05, 4.69) is 5.32 Å². The van der Waals surface area contributed by atoms with Crippen LogP contribution in [-0.4, -0.2) is 49.2 Å². The zero-order valence-electron chi connectivity index (χ0n) is 10.8. The van der Waals surface area contributed by atoms with Crippen molar-refractivity contribution in [1.29, 1.82) is 0 Å². The molecule has 2 aliphatic heterocycles. The first-order valence-electron chi connectivity index (χ1n) is 6.92. The summed E-state index contributed by atoms with van der Waals surface area (Å²) in [4.78, 5) is 14.1. The van der Waals surface area contributed by atoms with Gasteiger partial charge in [-0.25, -0.2) is 0 Å². The molecule has 2 saturated heterocycles. The molecule has 1 N–H and O–H groups in total. The highest BCUT2D eigenvalue weighted by atomic mass is 16.5. The van der Waals surface area contributed by atoms with Crippen molar-refractivity contribution in [3.8, 4) is 0 Å². The summed E-state index contributed by atoms with van der Waals surface area (Å²) in [6, 6.07) is 0. The van der Waals surface area contributed by atoms with Gasteiger partial charge in [0, 0.05) is 19.6 Å². The summed E-state index contributed by atoms with van der Waals surface area (Å²) < 4.78 is 5.85. The summed E-state index contributed by atoms with van der Waals surface area (Å²) in [5.41, 5.74) is 0. The summed E-state index contributed by atoms with van der Waals surface area (Å²) in [6.07, 6.45) is 5.70. The largest absolute Gasteiger partial charge is 0.364 e. The van der Waals surface area contributed by atoms with Gasteiger partial charge in [-0.2, -0.15) is 0 Å². The fraction of sp³-hybridized carbons (Fsp3) is 0.923. The van der Waals surface area contributed by atoms with Crippen molar-refractivity contribution in [2.75, 3.05) is 26.2 Å². The van der Waals surface area contributed by atoms with Crippen LogP contribution in [0, 0.1) is 0 Å². The lowest BCUT2D eigenvalue weighted by atomic mass is 10.1. The number of amides is 1. The van der Waals surface area contributed by atoms with Crippen LogP contribution in [0.2, 0.25) is 0 Å². The second-order valence-electron chi connectivity index (χ2n) is 5.13. The van der Waals surface area contributed by atoms with Gasteiger partial charge in [-0.1, -0.05) is 0 Å². The Bertz CT molecular complexity index is 246. The molecule has 0 aromatic carbocycles. The molecule has 2 aliphatic rings. The Labute approximate surface area is 104 Å². The number of nitrogens with zero attached hydrogens (tertiary/aromatic N) is 1. The maximum absolute atomic E-state index is 12.2. The minimum Gasteiger partial charge on any atom is -0.364 e. The number of carbonyl (C=O) groups is 1. The minimum absolute atomic E-state index is 0.176. The highest BCUT2D eigenvalue weighted by Crippen LogP contribution is 2.14. The average molecular weight is 240 g/mol. The molecule has 2 fully saturated rings. The van der Waals surface area contributed by atoms with E-state index >= 15 is 0 Å². The molecule has 1 amide bonds. The molecule has 4 heteroatoms. The van der Waals surface area contributed by atoms with E-state index in [0.29, 0.717) is 0 Å². The van der Waals surface area contributed by atoms with Gasteiger partial charge in [-0.15, -0.1) is 0 Å². The summed E-state index contributed by atoms with van der Waals surface area (Å²) in [6.45, 7) is 5.68. The van der Waals surface area contributed by atoms with Crippen LogP contribution in [0.4, 0.5) is 0 Å². The molecule has 1 unspecified atom stereocenters. The van der Waals surface area contributed by atoms with E-state index in [9.17, 15) is 4.79 Å². The van der Waals surface area contributed by atoms with Crippen LogP contribution in [0.3, 0.4) is 0 Å². The molecule has 0 spiro atoms. The van der Waals surface area contributed by atoms with E-state index in [4.69, 9.17) is 4.74 Å². The Morgan fingerprint density at radius 1 is 1.29 bits per heavy atom. The molecule has 17 heavy (non-hydrogen) atoms. The molecular formula is C13H24N2O2. The Kier molecular flexibility index (Phi) is 4.80. The van der Waals surface area contributed by atoms with E-state index in [1.165, 1.54) is 6.42 Å². The molecule has 0 aromatic heterocycles. The number of likely N-dealkylation sites (tertiary alicyclic amines) is 1. The molecular weight excluding hydrogens is 216 g/mol. The van der Waals surface area contributed by atoms with Crippen molar-refractivity contribution in [3.05, 3.63) is 0 Å². The second kappa shape index (κ2) is 6.36. The van der Waals surface area contributed by atoms with Crippen LogP contribution < -0.4 is 5.32 Å². The number of ether oxygens (including phenoxy) is 1. The van der Waals surface area contributed by atoms with Gasteiger partial charge in [0.2, 0.25) is 0 Å². The van der Waals surface area contributed by atoms with Gasteiger partial charge < -0.3 is 15.0 Å². The van der Waals surface area contributed by atoms with Crippen LogP contribution in [0.5, 0.6) is 0 Å². The van der Waals surface area contributed by atoms with Crippen molar-refractivity contribution in [3.63, 3.8) is 0 Å². The fourth-order valence-electron chi connectivity index (χ4n) is 2.65. The van der Waals surface area contributed by atoms with Crippen LogP contribution in [0.1, 0.15) is 39.0 Å². The molecule has 2 atom stereocenters. The molecule has 0 bridgehead atoms. The van der Waals surface area contributed by atoms with E-state index in [1.807, 2.05) is 11.8 Å². The van der Waals surface area contributed by atoms with E-state index < -0.39 is 0 Å². The van der Waals surface area contributed by atoms with Gasteiger partial charge in [-0.05, 0) is 45.6 Å². The van der Waals surface area contributed by atoms with Crippen LogP contribution >= 0.6 is 0 Å². The van der Waals surface area contributed by atoms with Gasteiger partial charge >= 0.3 is 0 Å². The lowest BCUT2D eigenvalue weighted by Crippen LogP contribution is -2.45. The molecule has 98 valence electrons. The summed E-state index contributed by atoms with van der Waals surface area (Å²) in [5.74, 6) is 0.176. The maximum atomic E-state index is 12.2. The molecule has 4 nitrogen and oxygen atoms in total. The number of carbonyl (C=O) groups excluding carboxylic acids is 1. The Morgan fingerprint density at radius 3 is 2.71 bits per heavy atom. The molecule has 0 saturated carbocycles. The van der Waals surface area contributed by atoms with Crippen molar-refractivity contribution in [2.24, 2.45) is 0 Å². The highest BCUT2D eigenvalue weighted by molar-refractivity contribution is 5.80. The highest BCUT2D eigenvalue weighted by Gasteiger charge is 2.25. The average Bonchev–Trinajstić information content (AvgIpc) is 2.40. The Balaban J connectivity index is 1.77. The van der Waals surface area contributed by atoms with Gasteiger partial charge in [0.25, 0.3) is 5.91 Å². The predicted molar refractivity (Wildman–Crippen MR) is 66.9 cm³/mol. The lowest BCUT2D eigenvalue weighted by Gasteiger charge is -2.31. The van der Waals surface area contributed by atoms with Crippen LogP contribution in [0.15, 0.2) is 0 Å². The van der Waals surface area contributed by atoms with Crippen molar-refractivity contribution >= 4 is 5.91 Å². The van der Waals surface area contributed by atoms with Gasteiger partial charge in [0.15, 0.2) is 0 Å². The van der Waals surface area contributed by atoms with Crippen molar-refractivity contribution in [1.82, 2.24) is 10.2 Å². The SMILES string of the molecule is CC(O[C@H]1CCCNC1)C(=O)N1CCCCC1. The third-order valence-electron chi connectivity index (χ3n) is 3.66. The monoisotopic (exact) mass is 240 g/mol. The minimum atomic E-state index is -0.280. The number of piperidine rings is 2. The first kappa shape index (κ1) is 12.8. The smallest absolute Gasteiger partial charge is 0.251 e. The maximum Gasteiger partial charge on any atom is 0.251 e. The Morgan fingerprint density at radius 2 is 2.06 bits per heavy atom. The molecule has 0 radical (unpaired) electrons. The van der Waals surface area contributed by atoms with Crippen LogP contribution in [0.25, 0.3) is 0 Å². The van der Waals surface area contributed by atoms with E-state index in [1.54, 1.807) is 0 Å².